The van der Waals surface area contributed by atoms with Crippen LogP contribution in [0, 0.1) is 0 Å². The van der Waals surface area contributed by atoms with Gasteiger partial charge in [0.1, 0.15) is 22.1 Å². The molecule has 0 aliphatic carbocycles. The van der Waals surface area contributed by atoms with Crippen LogP contribution in [0.2, 0.25) is 0 Å². The SMILES string of the molecule is Nc1ccc(C=CC(=O)NCc2cc3cc(-c4ccc(C(=S)N5CCC(F)(F)CC5)cn4)cc(C(F)(F)F)c3o2)cn1. The second-order valence-corrected chi connectivity index (χ2v) is 10.2. The number of nitrogens with two attached hydrogens (primary N) is 1. The van der Waals surface area contributed by atoms with E-state index in [0.717, 1.165) is 6.07 Å². The molecule has 0 saturated carbocycles. The number of rotatable bonds is 6. The molecule has 0 atom stereocenters. The van der Waals surface area contributed by atoms with E-state index in [2.05, 4.69) is 15.3 Å². The summed E-state index contributed by atoms with van der Waals surface area (Å²) < 4.78 is 74.5. The summed E-state index contributed by atoms with van der Waals surface area (Å²) in [7, 11) is 0. The van der Waals surface area contributed by atoms with Crippen molar-refractivity contribution in [1.29, 1.82) is 0 Å². The molecule has 0 bridgehead atoms. The molecule has 0 unspecified atom stereocenters. The van der Waals surface area contributed by atoms with Gasteiger partial charge in [0, 0.05) is 60.9 Å². The van der Waals surface area contributed by atoms with Crippen LogP contribution in [0.1, 0.15) is 35.3 Å². The molecule has 13 heteroatoms. The maximum Gasteiger partial charge on any atom is 0.420 e. The fourth-order valence-electron chi connectivity index (χ4n) is 4.48. The monoisotopic (exact) mass is 601 g/mol. The Morgan fingerprint density at radius 3 is 2.50 bits per heavy atom. The number of nitrogens with zero attached hydrogens (tertiary/aromatic N) is 3. The van der Waals surface area contributed by atoms with Gasteiger partial charge in [-0.05, 0) is 54.1 Å². The largest absolute Gasteiger partial charge is 0.459 e. The van der Waals surface area contributed by atoms with Crippen molar-refractivity contribution in [2.24, 2.45) is 0 Å². The highest BCUT2D eigenvalue weighted by atomic mass is 32.1. The van der Waals surface area contributed by atoms with Crippen LogP contribution in [-0.2, 0) is 17.5 Å². The Morgan fingerprint density at radius 2 is 1.86 bits per heavy atom. The molecule has 7 nitrogen and oxygen atoms in total. The van der Waals surface area contributed by atoms with Crippen LogP contribution in [0.3, 0.4) is 0 Å². The minimum atomic E-state index is -4.72. The Labute approximate surface area is 242 Å². The van der Waals surface area contributed by atoms with Gasteiger partial charge in [-0.1, -0.05) is 12.2 Å². The summed E-state index contributed by atoms with van der Waals surface area (Å²) >= 11 is 5.44. The number of carbonyl (C=O) groups is 1. The summed E-state index contributed by atoms with van der Waals surface area (Å²) in [6.45, 7) is 0.0783. The first kappa shape index (κ1) is 29.1. The van der Waals surface area contributed by atoms with E-state index in [1.165, 1.54) is 42.7 Å². The van der Waals surface area contributed by atoms with Crippen molar-refractivity contribution in [3.63, 3.8) is 0 Å². The lowest BCUT2D eigenvalue weighted by molar-refractivity contribution is -0.136. The molecule has 1 amide bonds. The number of furan rings is 1. The van der Waals surface area contributed by atoms with E-state index in [9.17, 15) is 26.7 Å². The number of alkyl halides is 5. The maximum absolute atomic E-state index is 14.0. The van der Waals surface area contributed by atoms with Gasteiger partial charge < -0.3 is 20.4 Å². The zero-order valence-corrected chi connectivity index (χ0v) is 22.7. The summed E-state index contributed by atoms with van der Waals surface area (Å²) in [6.07, 6.45) is 0.373. The number of aromatic nitrogens is 2. The van der Waals surface area contributed by atoms with Gasteiger partial charge in [0.2, 0.25) is 5.91 Å². The summed E-state index contributed by atoms with van der Waals surface area (Å²) in [5, 5.41) is 2.76. The van der Waals surface area contributed by atoms with E-state index in [0.29, 0.717) is 21.9 Å². The summed E-state index contributed by atoms with van der Waals surface area (Å²) in [4.78, 5) is 22.5. The molecule has 1 aliphatic rings. The third kappa shape index (κ3) is 6.73. The van der Waals surface area contributed by atoms with Crippen molar-refractivity contribution in [3.05, 3.63) is 83.4 Å². The zero-order chi connectivity index (χ0) is 30.1. The molecule has 0 spiro atoms. The van der Waals surface area contributed by atoms with Crippen molar-refractivity contribution in [1.82, 2.24) is 20.2 Å². The first-order chi connectivity index (χ1) is 19.9. The number of hydrogen-bond acceptors (Lipinski definition) is 6. The second-order valence-electron chi connectivity index (χ2n) is 9.80. The first-order valence-electron chi connectivity index (χ1n) is 12.8. The molecule has 1 fully saturated rings. The quantitative estimate of drug-likeness (QED) is 0.154. The fourth-order valence-corrected chi connectivity index (χ4v) is 4.79. The maximum atomic E-state index is 14.0. The highest BCUT2D eigenvalue weighted by molar-refractivity contribution is 7.80. The van der Waals surface area contributed by atoms with E-state index >= 15 is 0 Å². The predicted octanol–water partition coefficient (Wildman–Crippen LogP) is 6.23. The van der Waals surface area contributed by atoms with Gasteiger partial charge in [-0.3, -0.25) is 9.78 Å². The van der Waals surface area contributed by atoms with Crippen LogP contribution < -0.4 is 11.1 Å². The van der Waals surface area contributed by atoms with Crippen LogP contribution >= 0.6 is 12.2 Å². The molecular weight excluding hydrogens is 577 g/mol. The van der Waals surface area contributed by atoms with E-state index in [4.69, 9.17) is 22.4 Å². The second kappa shape index (κ2) is 11.5. The summed E-state index contributed by atoms with van der Waals surface area (Å²) in [6, 6.07) is 10.3. The number of nitrogen functional groups attached to an aromatic ring is 1. The van der Waals surface area contributed by atoms with Gasteiger partial charge in [0.25, 0.3) is 5.92 Å². The lowest BCUT2D eigenvalue weighted by Gasteiger charge is -2.33. The number of hydrogen-bond donors (Lipinski definition) is 2. The minimum absolute atomic E-state index is 0.110. The number of amides is 1. The molecule has 1 aliphatic heterocycles. The molecule has 4 heterocycles. The van der Waals surface area contributed by atoms with Gasteiger partial charge >= 0.3 is 6.18 Å². The highest BCUT2D eigenvalue weighted by Crippen LogP contribution is 2.39. The van der Waals surface area contributed by atoms with E-state index in [-0.39, 0.29) is 60.5 Å². The number of fused-ring (bicyclic) bond motifs is 1. The van der Waals surface area contributed by atoms with Crippen molar-refractivity contribution in [2.75, 3.05) is 18.8 Å². The zero-order valence-electron chi connectivity index (χ0n) is 21.9. The van der Waals surface area contributed by atoms with Crippen LogP contribution in [0.4, 0.5) is 27.8 Å². The first-order valence-corrected chi connectivity index (χ1v) is 13.2. The molecule has 3 aromatic heterocycles. The lowest BCUT2D eigenvalue weighted by atomic mass is 10.0. The standard InChI is InChI=1S/C29H24F5N5O2S/c30-28(31)7-9-39(10-8-28)27(42)18-3-4-23(36-15-18)19-11-20-12-21(41-26(20)22(13-19)29(32,33)34)16-38-25(40)6-2-17-1-5-24(35)37-14-17/h1-6,11-15H,7-10,16H2,(H2,35,37)(H,38,40). The van der Waals surface area contributed by atoms with Crippen molar-refractivity contribution in [2.45, 2.75) is 31.5 Å². The van der Waals surface area contributed by atoms with Gasteiger partial charge in [0.05, 0.1) is 17.8 Å². The molecule has 0 radical (unpaired) electrons. The molecule has 218 valence electrons. The number of benzene rings is 1. The normalized spacial score (nSPS) is 15.3. The highest BCUT2D eigenvalue weighted by Gasteiger charge is 2.36. The van der Waals surface area contributed by atoms with Crippen molar-refractivity contribution < 1.29 is 31.2 Å². The average molecular weight is 602 g/mol. The Kier molecular flexibility index (Phi) is 7.95. The number of pyridine rings is 2. The fraction of sp³-hybridized carbons (Fsp3) is 0.241. The smallest absolute Gasteiger partial charge is 0.420 e. The number of piperidine rings is 1. The molecule has 42 heavy (non-hydrogen) atoms. The number of nitrogens with one attached hydrogen (secondary N) is 1. The Balaban J connectivity index is 1.33. The van der Waals surface area contributed by atoms with Gasteiger partial charge in [-0.2, -0.15) is 13.2 Å². The van der Waals surface area contributed by atoms with Crippen molar-refractivity contribution in [3.8, 4) is 11.3 Å². The Morgan fingerprint density at radius 1 is 1.10 bits per heavy atom. The predicted molar refractivity (Wildman–Crippen MR) is 151 cm³/mol. The van der Waals surface area contributed by atoms with Crippen molar-refractivity contribution >= 4 is 46.0 Å². The van der Waals surface area contributed by atoms with E-state index in [1.54, 1.807) is 23.1 Å². The van der Waals surface area contributed by atoms with Gasteiger partial charge in [0.15, 0.2) is 0 Å². The van der Waals surface area contributed by atoms with Crippen LogP contribution in [0.5, 0.6) is 0 Å². The molecule has 3 N–H and O–H groups in total. The Bertz CT molecular complexity index is 1640. The van der Waals surface area contributed by atoms with Crippen LogP contribution in [0.15, 0.2) is 65.4 Å². The average Bonchev–Trinajstić information content (AvgIpc) is 3.37. The third-order valence-corrected chi connectivity index (χ3v) is 7.23. The number of thiocarbonyl (C=S) groups is 1. The number of anilines is 1. The number of carbonyl (C=O) groups excluding carboxylic acids is 1. The minimum Gasteiger partial charge on any atom is -0.459 e. The molecule has 1 aromatic carbocycles. The summed E-state index contributed by atoms with van der Waals surface area (Å²) in [5.41, 5.74) is 5.80. The topological polar surface area (TPSA) is 97.3 Å². The molecule has 1 saturated heterocycles. The summed E-state index contributed by atoms with van der Waals surface area (Å²) in [5.74, 6) is -2.73. The molecule has 4 aromatic rings. The van der Waals surface area contributed by atoms with E-state index in [1.807, 2.05) is 0 Å². The number of likely N-dealkylation sites (tertiary alicyclic amines) is 1. The molecular formula is C29H24F5N5O2S. The van der Waals surface area contributed by atoms with Crippen LogP contribution in [-0.4, -0.2) is 44.8 Å². The van der Waals surface area contributed by atoms with Gasteiger partial charge in [-0.25, -0.2) is 13.8 Å². The van der Waals surface area contributed by atoms with Crippen LogP contribution in [0.25, 0.3) is 28.3 Å². The molecule has 5 rings (SSSR count). The van der Waals surface area contributed by atoms with Gasteiger partial charge in [-0.15, -0.1) is 0 Å². The third-order valence-electron chi connectivity index (χ3n) is 6.73. The number of halogens is 5. The Hall–Kier alpha value is -4.39. The van der Waals surface area contributed by atoms with E-state index < -0.39 is 23.6 Å². The lowest BCUT2D eigenvalue weighted by Crippen LogP contribution is -2.42.